The zero-order valence-electron chi connectivity index (χ0n) is 10.1. The van der Waals surface area contributed by atoms with Gasteiger partial charge in [-0.05, 0) is 24.6 Å². The number of fused-ring (bicyclic) bond motifs is 1. The van der Waals surface area contributed by atoms with E-state index in [0.717, 1.165) is 37.4 Å². The van der Waals surface area contributed by atoms with Crippen LogP contribution in [-0.2, 0) is 0 Å². The Labute approximate surface area is 112 Å². The molecule has 1 aliphatic heterocycles. The van der Waals surface area contributed by atoms with Gasteiger partial charge < -0.3 is 4.90 Å². The highest BCUT2D eigenvalue weighted by Gasteiger charge is 2.15. The minimum absolute atomic E-state index is 0.0791. The van der Waals surface area contributed by atoms with Crippen LogP contribution in [0.3, 0.4) is 0 Å². The second-order valence-electron chi connectivity index (χ2n) is 4.56. The van der Waals surface area contributed by atoms with Gasteiger partial charge in [0.25, 0.3) is 0 Å². The lowest BCUT2D eigenvalue weighted by Gasteiger charge is -2.21. The van der Waals surface area contributed by atoms with E-state index in [1.54, 1.807) is 0 Å². The van der Waals surface area contributed by atoms with Crippen molar-refractivity contribution in [3.05, 3.63) is 36.4 Å². The molecule has 1 aliphatic rings. The van der Waals surface area contributed by atoms with Crippen molar-refractivity contribution in [1.29, 1.82) is 0 Å². The molecule has 0 radical (unpaired) electrons. The van der Waals surface area contributed by atoms with Gasteiger partial charge in [-0.3, -0.25) is 5.32 Å². The molecular formula is C14H16ClN3. The molecule has 0 bridgehead atoms. The quantitative estimate of drug-likeness (QED) is 0.632. The molecule has 2 aromatic rings. The van der Waals surface area contributed by atoms with Gasteiger partial charge in [0, 0.05) is 25.0 Å². The summed E-state index contributed by atoms with van der Waals surface area (Å²) >= 11 is 6.11. The van der Waals surface area contributed by atoms with E-state index in [1.807, 2.05) is 12.1 Å². The normalized spacial score (nSPS) is 20.9. The molecule has 1 N–H and O–H groups in total. The molecule has 0 saturated carbocycles. The van der Waals surface area contributed by atoms with E-state index in [-0.39, 0.29) is 5.50 Å². The lowest BCUT2D eigenvalue weighted by Crippen LogP contribution is -2.29. The Morgan fingerprint density at radius 3 is 3.00 bits per heavy atom. The van der Waals surface area contributed by atoms with Crippen molar-refractivity contribution in [2.45, 2.75) is 11.9 Å². The molecule has 18 heavy (non-hydrogen) atoms. The zero-order valence-corrected chi connectivity index (χ0v) is 10.9. The molecule has 2 heterocycles. The van der Waals surface area contributed by atoms with Crippen molar-refractivity contribution in [3.63, 3.8) is 0 Å². The molecule has 1 aromatic carbocycles. The topological polar surface area (TPSA) is 28.2 Å². The molecule has 3 nitrogen and oxygen atoms in total. The van der Waals surface area contributed by atoms with Crippen molar-refractivity contribution >= 4 is 28.3 Å². The fourth-order valence-electron chi connectivity index (χ4n) is 2.30. The monoisotopic (exact) mass is 261 g/mol. The van der Waals surface area contributed by atoms with E-state index >= 15 is 0 Å². The summed E-state index contributed by atoms with van der Waals surface area (Å²) in [4.78, 5) is 7.01. The number of aromatic nitrogens is 1. The fraction of sp³-hybridized carbons (Fsp3) is 0.357. The van der Waals surface area contributed by atoms with Crippen LogP contribution in [0.25, 0.3) is 10.9 Å². The van der Waals surface area contributed by atoms with Gasteiger partial charge in [-0.25, -0.2) is 4.98 Å². The van der Waals surface area contributed by atoms with Gasteiger partial charge in [-0.2, -0.15) is 0 Å². The summed E-state index contributed by atoms with van der Waals surface area (Å²) < 4.78 is 0. The molecule has 3 rings (SSSR count). The lowest BCUT2D eigenvalue weighted by atomic mass is 10.2. The van der Waals surface area contributed by atoms with Gasteiger partial charge >= 0.3 is 0 Å². The molecule has 1 aromatic heterocycles. The van der Waals surface area contributed by atoms with Crippen molar-refractivity contribution in [2.24, 2.45) is 0 Å². The summed E-state index contributed by atoms with van der Waals surface area (Å²) in [6.07, 6.45) is 0.941. The standard InChI is InChI=1S/C14H16ClN3/c15-13-7-9-18(10-8-16-13)14-6-5-11-3-1-2-4-12(11)17-14/h1-6,13,16H,7-10H2. The number of nitrogens with one attached hydrogen (secondary N) is 1. The minimum atomic E-state index is 0.0791. The number of hydrogen-bond acceptors (Lipinski definition) is 3. The highest BCUT2D eigenvalue weighted by Crippen LogP contribution is 2.19. The summed E-state index contributed by atoms with van der Waals surface area (Å²) in [5, 5.41) is 4.46. The first-order valence-corrected chi connectivity index (χ1v) is 6.75. The summed E-state index contributed by atoms with van der Waals surface area (Å²) in [5.74, 6) is 1.04. The smallest absolute Gasteiger partial charge is 0.129 e. The van der Waals surface area contributed by atoms with Crippen molar-refractivity contribution in [2.75, 3.05) is 24.5 Å². The molecule has 1 unspecified atom stereocenters. The van der Waals surface area contributed by atoms with Crippen LogP contribution in [-0.4, -0.2) is 30.1 Å². The molecule has 4 heteroatoms. The number of pyridine rings is 1. The summed E-state index contributed by atoms with van der Waals surface area (Å²) in [6, 6.07) is 12.4. The number of nitrogens with zero attached hydrogens (tertiary/aromatic N) is 2. The van der Waals surface area contributed by atoms with E-state index < -0.39 is 0 Å². The molecule has 1 fully saturated rings. The predicted molar refractivity (Wildman–Crippen MR) is 76.2 cm³/mol. The second-order valence-corrected chi connectivity index (χ2v) is 5.09. The third-order valence-electron chi connectivity index (χ3n) is 3.31. The van der Waals surface area contributed by atoms with Gasteiger partial charge in [0.05, 0.1) is 11.0 Å². The molecule has 1 atom stereocenters. The Balaban J connectivity index is 1.89. The maximum absolute atomic E-state index is 6.11. The Morgan fingerprint density at radius 1 is 1.17 bits per heavy atom. The van der Waals surface area contributed by atoms with E-state index in [4.69, 9.17) is 16.6 Å². The maximum atomic E-state index is 6.11. The minimum Gasteiger partial charge on any atom is -0.355 e. The number of hydrogen-bond donors (Lipinski definition) is 1. The van der Waals surface area contributed by atoms with E-state index in [1.165, 1.54) is 5.39 Å². The lowest BCUT2D eigenvalue weighted by molar-refractivity contribution is 0.668. The first-order valence-electron chi connectivity index (χ1n) is 6.31. The number of rotatable bonds is 1. The van der Waals surface area contributed by atoms with Gasteiger partial charge in [-0.1, -0.05) is 18.2 Å². The third kappa shape index (κ3) is 2.42. The number of anilines is 1. The van der Waals surface area contributed by atoms with Crippen LogP contribution in [0.1, 0.15) is 6.42 Å². The average molecular weight is 262 g/mol. The summed E-state index contributed by atoms with van der Waals surface area (Å²) in [5.41, 5.74) is 1.13. The van der Waals surface area contributed by atoms with Crippen molar-refractivity contribution in [3.8, 4) is 0 Å². The van der Waals surface area contributed by atoms with Crippen LogP contribution in [0.5, 0.6) is 0 Å². The Hall–Kier alpha value is -1.32. The first kappa shape index (κ1) is 11.8. The van der Waals surface area contributed by atoms with Gasteiger partial charge in [0.15, 0.2) is 0 Å². The number of para-hydroxylation sites is 1. The number of alkyl halides is 1. The third-order valence-corrected chi connectivity index (χ3v) is 3.68. The zero-order chi connectivity index (χ0) is 12.4. The molecule has 0 aliphatic carbocycles. The SMILES string of the molecule is ClC1CCN(c2ccc3ccccc3n2)CCN1. The highest BCUT2D eigenvalue weighted by atomic mass is 35.5. The largest absolute Gasteiger partial charge is 0.355 e. The summed E-state index contributed by atoms with van der Waals surface area (Å²) in [6.45, 7) is 2.81. The average Bonchev–Trinajstić information content (AvgIpc) is 2.63. The molecule has 0 amide bonds. The van der Waals surface area contributed by atoms with Crippen LogP contribution in [0.2, 0.25) is 0 Å². The van der Waals surface area contributed by atoms with Crippen molar-refractivity contribution < 1.29 is 0 Å². The Morgan fingerprint density at radius 2 is 2.06 bits per heavy atom. The van der Waals surface area contributed by atoms with Gasteiger partial charge in [-0.15, -0.1) is 11.6 Å². The Bertz CT molecular complexity index is 543. The fourth-order valence-corrected chi connectivity index (χ4v) is 2.51. The maximum Gasteiger partial charge on any atom is 0.129 e. The molecule has 1 saturated heterocycles. The number of benzene rings is 1. The van der Waals surface area contributed by atoms with E-state index in [9.17, 15) is 0 Å². The van der Waals surface area contributed by atoms with Crippen LogP contribution in [0.4, 0.5) is 5.82 Å². The predicted octanol–water partition coefficient (Wildman–Crippen LogP) is 2.60. The molecule has 0 spiro atoms. The second kappa shape index (κ2) is 5.12. The van der Waals surface area contributed by atoms with Crippen LogP contribution in [0, 0.1) is 0 Å². The van der Waals surface area contributed by atoms with Gasteiger partial charge in [0.1, 0.15) is 5.82 Å². The Kier molecular flexibility index (Phi) is 3.35. The van der Waals surface area contributed by atoms with Crippen LogP contribution < -0.4 is 10.2 Å². The number of halogens is 1. The molecule has 94 valence electrons. The summed E-state index contributed by atoms with van der Waals surface area (Å²) in [7, 11) is 0. The van der Waals surface area contributed by atoms with Gasteiger partial charge in [0.2, 0.25) is 0 Å². The molecular weight excluding hydrogens is 246 g/mol. The van der Waals surface area contributed by atoms with E-state index in [0.29, 0.717) is 0 Å². The van der Waals surface area contributed by atoms with Crippen molar-refractivity contribution in [1.82, 2.24) is 10.3 Å². The first-order chi connectivity index (χ1) is 8.83. The highest BCUT2D eigenvalue weighted by molar-refractivity contribution is 6.20. The van der Waals surface area contributed by atoms with E-state index in [2.05, 4.69) is 34.5 Å². The van der Waals surface area contributed by atoms with Crippen LogP contribution in [0.15, 0.2) is 36.4 Å². The van der Waals surface area contributed by atoms with Crippen LogP contribution >= 0.6 is 11.6 Å².